The topological polar surface area (TPSA) is 80.5 Å². The number of benzene rings is 1. The van der Waals surface area contributed by atoms with Crippen LogP contribution in [0.2, 0.25) is 0 Å². The second-order valence-corrected chi connectivity index (χ2v) is 3.92. The molecule has 0 fully saturated rings. The molecular weight excluding hydrogens is 214 g/mol. The highest BCUT2D eigenvalue weighted by atomic mass is 15.1. The highest BCUT2D eigenvalue weighted by Gasteiger charge is 2.07. The monoisotopic (exact) mass is 225 g/mol. The van der Waals surface area contributed by atoms with Gasteiger partial charge in [0.25, 0.3) is 0 Å². The molecule has 0 amide bonds. The quantitative estimate of drug-likeness (QED) is 0.663. The molecule has 0 spiro atoms. The maximum Gasteiger partial charge on any atom is 0.220 e. The number of aromatic nitrogens is 4. The van der Waals surface area contributed by atoms with Crippen LogP contribution in [-0.2, 0) is 0 Å². The van der Waals surface area contributed by atoms with Crippen LogP contribution in [0.1, 0.15) is 5.56 Å². The lowest BCUT2D eigenvalue weighted by molar-refractivity contribution is 1.12. The van der Waals surface area contributed by atoms with Gasteiger partial charge >= 0.3 is 0 Å². The first kappa shape index (κ1) is 9.77. The second-order valence-electron chi connectivity index (χ2n) is 3.92. The third-order valence-electron chi connectivity index (χ3n) is 2.74. The van der Waals surface area contributed by atoms with Gasteiger partial charge in [0, 0.05) is 17.1 Å². The molecule has 5 heteroatoms. The molecule has 0 saturated heterocycles. The molecule has 3 N–H and O–H groups in total. The molecular formula is C12H11N5. The minimum absolute atomic E-state index is 0.284. The summed E-state index contributed by atoms with van der Waals surface area (Å²) in [7, 11) is 0. The molecule has 3 aromatic rings. The van der Waals surface area contributed by atoms with Crippen LogP contribution in [0, 0.1) is 6.92 Å². The van der Waals surface area contributed by atoms with Crippen molar-refractivity contribution in [2.24, 2.45) is 0 Å². The Labute approximate surface area is 97.7 Å². The number of fused-ring (bicyclic) bond motifs is 1. The van der Waals surface area contributed by atoms with Crippen molar-refractivity contribution in [1.82, 2.24) is 20.2 Å². The first-order valence-electron chi connectivity index (χ1n) is 5.26. The summed E-state index contributed by atoms with van der Waals surface area (Å²) in [5.74, 6) is 0.284. The number of rotatable bonds is 1. The van der Waals surface area contributed by atoms with E-state index in [0.717, 1.165) is 27.7 Å². The van der Waals surface area contributed by atoms with Crippen molar-refractivity contribution in [3.8, 4) is 11.3 Å². The Morgan fingerprint density at radius 1 is 1.29 bits per heavy atom. The van der Waals surface area contributed by atoms with Gasteiger partial charge in [0.15, 0.2) is 0 Å². The van der Waals surface area contributed by atoms with Crippen LogP contribution in [-0.4, -0.2) is 20.2 Å². The molecule has 84 valence electrons. The lowest BCUT2D eigenvalue weighted by atomic mass is 10.0. The Balaban J connectivity index is 2.25. The Kier molecular flexibility index (Phi) is 2.04. The van der Waals surface area contributed by atoms with Crippen molar-refractivity contribution >= 4 is 16.9 Å². The van der Waals surface area contributed by atoms with E-state index in [4.69, 9.17) is 5.73 Å². The summed E-state index contributed by atoms with van der Waals surface area (Å²) in [5, 5.41) is 8.05. The molecule has 1 aromatic carbocycles. The zero-order chi connectivity index (χ0) is 11.8. The van der Waals surface area contributed by atoms with Crippen molar-refractivity contribution in [2.75, 3.05) is 5.73 Å². The summed E-state index contributed by atoms with van der Waals surface area (Å²) in [6.07, 6.45) is 3.47. The Hall–Kier alpha value is -2.43. The van der Waals surface area contributed by atoms with Crippen molar-refractivity contribution in [1.29, 1.82) is 0 Å². The van der Waals surface area contributed by atoms with Gasteiger partial charge in [0.05, 0.1) is 17.4 Å². The van der Waals surface area contributed by atoms with E-state index in [-0.39, 0.29) is 5.95 Å². The Morgan fingerprint density at radius 3 is 3.00 bits per heavy atom. The summed E-state index contributed by atoms with van der Waals surface area (Å²) in [4.78, 5) is 8.12. The molecule has 3 rings (SSSR count). The molecule has 0 unspecified atom stereocenters. The second kappa shape index (κ2) is 3.55. The Bertz CT molecular complexity index is 686. The minimum atomic E-state index is 0.284. The number of anilines is 1. The third kappa shape index (κ3) is 1.61. The van der Waals surface area contributed by atoms with E-state index < -0.39 is 0 Å². The molecule has 17 heavy (non-hydrogen) atoms. The molecule has 0 atom stereocenters. The highest BCUT2D eigenvalue weighted by Crippen LogP contribution is 2.25. The van der Waals surface area contributed by atoms with Gasteiger partial charge in [-0.1, -0.05) is 0 Å². The third-order valence-corrected chi connectivity index (χ3v) is 2.74. The van der Waals surface area contributed by atoms with Gasteiger partial charge < -0.3 is 5.73 Å². The Morgan fingerprint density at radius 2 is 2.18 bits per heavy atom. The molecule has 2 aromatic heterocycles. The zero-order valence-electron chi connectivity index (χ0n) is 9.31. The largest absolute Gasteiger partial charge is 0.368 e. The summed E-state index contributed by atoms with van der Waals surface area (Å²) in [5.41, 5.74) is 9.58. The maximum absolute atomic E-state index is 5.60. The van der Waals surface area contributed by atoms with E-state index in [1.807, 2.05) is 19.1 Å². The first-order chi connectivity index (χ1) is 8.24. The lowest BCUT2D eigenvalue weighted by Crippen LogP contribution is -1.96. The average Bonchev–Trinajstić information content (AvgIpc) is 2.75. The molecule has 0 aliphatic heterocycles. The van der Waals surface area contributed by atoms with Gasteiger partial charge in [-0.15, -0.1) is 0 Å². The lowest BCUT2D eigenvalue weighted by Gasteiger charge is -2.05. The summed E-state index contributed by atoms with van der Waals surface area (Å²) in [6, 6.07) is 5.95. The van der Waals surface area contributed by atoms with E-state index >= 15 is 0 Å². The summed E-state index contributed by atoms with van der Waals surface area (Å²) in [6.45, 7) is 2.04. The maximum atomic E-state index is 5.60. The fourth-order valence-electron chi connectivity index (χ4n) is 1.90. The minimum Gasteiger partial charge on any atom is -0.368 e. The fraction of sp³-hybridized carbons (Fsp3) is 0.0833. The van der Waals surface area contributed by atoms with Gasteiger partial charge in [0.1, 0.15) is 0 Å². The van der Waals surface area contributed by atoms with Crippen molar-refractivity contribution in [2.45, 2.75) is 6.92 Å². The molecule has 0 radical (unpaired) electrons. The van der Waals surface area contributed by atoms with Crippen LogP contribution in [0.25, 0.3) is 22.2 Å². The number of nitrogen functional groups attached to an aromatic ring is 1. The molecule has 0 aliphatic rings. The number of H-pyrrole nitrogens is 1. The van der Waals surface area contributed by atoms with Crippen LogP contribution < -0.4 is 5.73 Å². The van der Waals surface area contributed by atoms with Gasteiger partial charge in [-0.2, -0.15) is 5.10 Å². The number of aryl methyl sites for hydroxylation is 1. The SMILES string of the molecule is Cc1cc2cn[nH]c2cc1-c1ccnc(N)n1. The summed E-state index contributed by atoms with van der Waals surface area (Å²) < 4.78 is 0. The normalized spacial score (nSPS) is 10.9. The molecule has 2 heterocycles. The molecule has 0 aliphatic carbocycles. The van der Waals surface area contributed by atoms with Gasteiger partial charge in [-0.05, 0) is 30.7 Å². The number of nitrogens with one attached hydrogen (secondary N) is 1. The number of hydrogen-bond acceptors (Lipinski definition) is 4. The number of nitrogens with two attached hydrogens (primary N) is 1. The van der Waals surface area contributed by atoms with Crippen molar-refractivity contribution in [3.05, 3.63) is 36.2 Å². The van der Waals surface area contributed by atoms with Gasteiger partial charge in [0.2, 0.25) is 5.95 Å². The van der Waals surface area contributed by atoms with Crippen LogP contribution >= 0.6 is 0 Å². The van der Waals surface area contributed by atoms with E-state index in [9.17, 15) is 0 Å². The van der Waals surface area contributed by atoms with Crippen LogP contribution in [0.3, 0.4) is 0 Å². The summed E-state index contributed by atoms with van der Waals surface area (Å²) >= 11 is 0. The van der Waals surface area contributed by atoms with E-state index in [1.54, 1.807) is 12.4 Å². The van der Waals surface area contributed by atoms with Gasteiger partial charge in [-0.3, -0.25) is 5.10 Å². The van der Waals surface area contributed by atoms with E-state index in [2.05, 4.69) is 26.2 Å². The average molecular weight is 225 g/mol. The van der Waals surface area contributed by atoms with Gasteiger partial charge in [-0.25, -0.2) is 9.97 Å². The van der Waals surface area contributed by atoms with Crippen molar-refractivity contribution in [3.63, 3.8) is 0 Å². The smallest absolute Gasteiger partial charge is 0.220 e. The fourth-order valence-corrected chi connectivity index (χ4v) is 1.90. The van der Waals surface area contributed by atoms with E-state index in [0.29, 0.717) is 0 Å². The first-order valence-corrected chi connectivity index (χ1v) is 5.26. The zero-order valence-corrected chi connectivity index (χ0v) is 9.31. The number of nitrogens with zero attached hydrogens (tertiary/aromatic N) is 3. The number of aromatic amines is 1. The molecule has 0 saturated carbocycles. The standard InChI is InChI=1S/C12H11N5/c1-7-4-8-6-15-17-11(8)5-9(7)10-2-3-14-12(13)16-10/h2-6H,1H3,(H,15,17)(H2,13,14,16). The van der Waals surface area contributed by atoms with Crippen LogP contribution in [0.5, 0.6) is 0 Å². The molecule has 5 nitrogen and oxygen atoms in total. The predicted molar refractivity (Wildman–Crippen MR) is 66.3 cm³/mol. The van der Waals surface area contributed by atoms with E-state index in [1.165, 1.54) is 0 Å². The predicted octanol–water partition coefficient (Wildman–Crippen LogP) is 1.91. The molecule has 0 bridgehead atoms. The van der Waals surface area contributed by atoms with Crippen molar-refractivity contribution < 1.29 is 0 Å². The number of hydrogen-bond donors (Lipinski definition) is 2. The van der Waals surface area contributed by atoms with Crippen LogP contribution in [0.4, 0.5) is 5.95 Å². The highest BCUT2D eigenvalue weighted by molar-refractivity contribution is 5.85. The van der Waals surface area contributed by atoms with Crippen LogP contribution in [0.15, 0.2) is 30.6 Å².